The molecule has 0 spiro atoms. The van der Waals surface area contributed by atoms with Crippen molar-refractivity contribution in [2.75, 3.05) is 0 Å². The lowest BCUT2D eigenvalue weighted by molar-refractivity contribution is 0.518. The van der Waals surface area contributed by atoms with Crippen LogP contribution in [0.4, 0.5) is 0 Å². The summed E-state index contributed by atoms with van der Waals surface area (Å²) in [5.74, 6) is 1.66. The second-order valence-corrected chi connectivity index (χ2v) is 10.1. The van der Waals surface area contributed by atoms with E-state index in [0.29, 0.717) is 0 Å². The average Bonchev–Trinajstić information content (AvgIpc) is 2.43. The third kappa shape index (κ3) is 17.0. The fourth-order valence-corrected chi connectivity index (χ4v) is 4.63. The van der Waals surface area contributed by atoms with Gasteiger partial charge in [-0.25, -0.2) is 0 Å². The van der Waals surface area contributed by atoms with E-state index in [0.717, 1.165) is 24.7 Å². The molecule has 0 aromatic heterocycles. The summed E-state index contributed by atoms with van der Waals surface area (Å²) in [6.45, 7) is 9.18. The Morgan fingerprint density at radius 3 is 1.18 bits per heavy atom. The lowest BCUT2D eigenvalue weighted by atomic mass is 10.0. The van der Waals surface area contributed by atoms with Crippen LogP contribution < -0.4 is 11.5 Å². The van der Waals surface area contributed by atoms with Crippen LogP contribution in [0.15, 0.2) is 0 Å². The van der Waals surface area contributed by atoms with Crippen LogP contribution in [-0.4, -0.2) is 10.7 Å². The topological polar surface area (TPSA) is 52.0 Å². The van der Waals surface area contributed by atoms with Gasteiger partial charge in [-0.1, -0.05) is 101 Å². The molecule has 0 bridgehead atoms. The summed E-state index contributed by atoms with van der Waals surface area (Å²) in [5, 5.41) is 0.493. The smallest absolute Gasteiger partial charge is 0.0612 e. The third-order valence-electron chi connectivity index (χ3n) is 3.84. The van der Waals surface area contributed by atoms with Crippen LogP contribution in [0.2, 0.25) is 0 Å². The molecule has 2 unspecified atom stereocenters. The molecular formula is C18H40N2S2. The Hall–Kier alpha value is 0.620. The van der Waals surface area contributed by atoms with E-state index in [9.17, 15) is 0 Å². The highest BCUT2D eigenvalue weighted by atomic mass is 33.1. The average molecular weight is 349 g/mol. The van der Waals surface area contributed by atoms with Crippen molar-refractivity contribution in [1.29, 1.82) is 0 Å². The molecule has 0 radical (unpaired) electrons. The van der Waals surface area contributed by atoms with Gasteiger partial charge in [-0.3, -0.25) is 0 Å². The lowest BCUT2D eigenvalue weighted by Crippen LogP contribution is -2.18. The van der Waals surface area contributed by atoms with Gasteiger partial charge in [-0.05, 0) is 24.7 Å². The van der Waals surface area contributed by atoms with Gasteiger partial charge >= 0.3 is 0 Å². The molecule has 0 saturated carbocycles. The molecule has 0 saturated heterocycles. The van der Waals surface area contributed by atoms with Gasteiger partial charge in [0, 0.05) is 0 Å². The van der Waals surface area contributed by atoms with Gasteiger partial charge in [0.1, 0.15) is 0 Å². The largest absolute Gasteiger partial charge is 0.319 e. The van der Waals surface area contributed by atoms with Crippen molar-refractivity contribution in [3.8, 4) is 0 Å². The fraction of sp³-hybridized carbons (Fsp3) is 1.00. The molecule has 0 aliphatic carbocycles. The second kappa shape index (κ2) is 15.2. The van der Waals surface area contributed by atoms with Crippen LogP contribution in [0.5, 0.6) is 0 Å². The van der Waals surface area contributed by atoms with Crippen molar-refractivity contribution >= 4 is 21.6 Å². The fourth-order valence-electron chi connectivity index (χ4n) is 2.39. The molecule has 4 heteroatoms. The zero-order valence-corrected chi connectivity index (χ0v) is 17.0. The number of hydrogen-bond acceptors (Lipinski definition) is 4. The van der Waals surface area contributed by atoms with E-state index in [-0.39, 0.29) is 10.7 Å². The third-order valence-corrected chi connectivity index (χ3v) is 6.74. The van der Waals surface area contributed by atoms with E-state index in [2.05, 4.69) is 27.7 Å². The minimum atomic E-state index is 0.246. The van der Waals surface area contributed by atoms with Gasteiger partial charge in [0.15, 0.2) is 0 Å². The Kier molecular flexibility index (Phi) is 15.6. The van der Waals surface area contributed by atoms with Gasteiger partial charge < -0.3 is 11.5 Å². The zero-order chi connectivity index (χ0) is 16.8. The monoisotopic (exact) mass is 348 g/mol. The van der Waals surface area contributed by atoms with Gasteiger partial charge in [-0.2, -0.15) is 0 Å². The van der Waals surface area contributed by atoms with Crippen LogP contribution in [0.25, 0.3) is 0 Å². The summed E-state index contributed by atoms with van der Waals surface area (Å²) in [4.78, 5) is 0. The highest BCUT2D eigenvalue weighted by Crippen LogP contribution is 2.31. The van der Waals surface area contributed by atoms with Crippen molar-refractivity contribution in [2.45, 2.75) is 103 Å². The maximum absolute atomic E-state index is 6.16. The minimum Gasteiger partial charge on any atom is -0.319 e. The summed E-state index contributed by atoms with van der Waals surface area (Å²) in [7, 11) is 3.57. The van der Waals surface area contributed by atoms with Crippen molar-refractivity contribution in [2.24, 2.45) is 23.3 Å². The molecule has 0 heterocycles. The van der Waals surface area contributed by atoms with Crippen LogP contribution in [0.1, 0.15) is 91.9 Å². The summed E-state index contributed by atoms with van der Waals surface area (Å²) < 4.78 is 0. The maximum Gasteiger partial charge on any atom is 0.0612 e. The number of nitrogens with two attached hydrogens (primary N) is 2. The molecule has 0 aromatic carbocycles. The first-order chi connectivity index (χ1) is 10.4. The highest BCUT2D eigenvalue weighted by Gasteiger charge is 2.09. The Morgan fingerprint density at radius 1 is 0.545 bits per heavy atom. The predicted molar refractivity (Wildman–Crippen MR) is 107 cm³/mol. The first kappa shape index (κ1) is 22.6. The minimum absolute atomic E-state index is 0.246. The predicted octanol–water partition coefficient (Wildman–Crippen LogP) is 6.15. The van der Waals surface area contributed by atoms with Crippen molar-refractivity contribution in [1.82, 2.24) is 0 Å². The Morgan fingerprint density at radius 2 is 0.864 bits per heavy atom. The van der Waals surface area contributed by atoms with Crippen molar-refractivity contribution in [3.63, 3.8) is 0 Å². The quantitative estimate of drug-likeness (QED) is 0.212. The number of hydrogen-bond donors (Lipinski definition) is 2. The summed E-state index contributed by atoms with van der Waals surface area (Å²) in [6, 6.07) is 0. The van der Waals surface area contributed by atoms with Crippen LogP contribution in [0.3, 0.4) is 0 Å². The molecule has 134 valence electrons. The van der Waals surface area contributed by atoms with Crippen molar-refractivity contribution < 1.29 is 0 Å². The summed E-state index contributed by atoms with van der Waals surface area (Å²) >= 11 is 0. The van der Waals surface area contributed by atoms with Crippen LogP contribution in [0, 0.1) is 11.8 Å². The highest BCUT2D eigenvalue weighted by molar-refractivity contribution is 8.77. The first-order valence-corrected chi connectivity index (χ1v) is 11.5. The van der Waals surface area contributed by atoms with Crippen LogP contribution in [-0.2, 0) is 0 Å². The molecule has 0 amide bonds. The standard InChI is InChI=1S/C18H40N2S2/c1-15(2)11-7-5-9-13-17(19)21-22-18(20)14-10-6-8-12-16(3)4/h15-18H,5-14,19-20H2,1-4H3. The Balaban J connectivity index is 3.39. The molecule has 22 heavy (non-hydrogen) atoms. The second-order valence-electron chi connectivity index (χ2n) is 7.33. The van der Waals surface area contributed by atoms with Crippen molar-refractivity contribution in [3.05, 3.63) is 0 Å². The molecule has 0 aromatic rings. The Bertz CT molecular complexity index is 211. The summed E-state index contributed by atoms with van der Waals surface area (Å²) in [6.07, 6.45) is 12.8. The molecule has 0 rings (SSSR count). The van der Waals surface area contributed by atoms with E-state index in [4.69, 9.17) is 11.5 Å². The van der Waals surface area contributed by atoms with Gasteiger partial charge in [0.2, 0.25) is 0 Å². The lowest BCUT2D eigenvalue weighted by Gasteiger charge is -2.15. The maximum atomic E-state index is 6.16. The first-order valence-electron chi connectivity index (χ1n) is 9.25. The summed E-state index contributed by atoms with van der Waals surface area (Å²) in [5.41, 5.74) is 12.3. The van der Waals surface area contributed by atoms with E-state index >= 15 is 0 Å². The molecule has 0 aliphatic rings. The van der Waals surface area contributed by atoms with Gasteiger partial charge in [0.25, 0.3) is 0 Å². The molecule has 4 N–H and O–H groups in total. The molecule has 2 nitrogen and oxygen atoms in total. The number of unbranched alkanes of at least 4 members (excludes halogenated alkanes) is 4. The Labute approximate surface area is 147 Å². The van der Waals surface area contributed by atoms with E-state index in [1.165, 1.54) is 51.4 Å². The normalized spacial score (nSPS) is 14.7. The molecular weight excluding hydrogens is 308 g/mol. The zero-order valence-electron chi connectivity index (χ0n) is 15.4. The molecule has 0 aliphatic heterocycles. The number of rotatable bonds is 15. The van der Waals surface area contributed by atoms with Gasteiger partial charge in [0.05, 0.1) is 10.7 Å². The van der Waals surface area contributed by atoms with E-state index in [1.54, 1.807) is 21.6 Å². The SMILES string of the molecule is CC(C)CCCCCC(N)SSC(N)CCCCCC(C)C. The molecule has 2 atom stereocenters. The van der Waals surface area contributed by atoms with Gasteiger partial charge in [-0.15, -0.1) is 0 Å². The van der Waals surface area contributed by atoms with Crippen LogP contribution >= 0.6 is 21.6 Å². The van der Waals surface area contributed by atoms with E-state index < -0.39 is 0 Å². The molecule has 0 fully saturated rings. The van der Waals surface area contributed by atoms with E-state index in [1.807, 2.05) is 0 Å².